The van der Waals surface area contributed by atoms with Crippen molar-refractivity contribution in [2.75, 3.05) is 45.2 Å². The molecule has 1 aromatic carbocycles. The summed E-state index contributed by atoms with van der Waals surface area (Å²) in [7, 11) is 1.72. The van der Waals surface area contributed by atoms with Crippen molar-refractivity contribution in [2.45, 2.75) is 31.7 Å². The molecule has 2 saturated heterocycles. The Balaban J connectivity index is 1.16. The van der Waals surface area contributed by atoms with Crippen LogP contribution in [0.2, 0.25) is 5.02 Å². The van der Waals surface area contributed by atoms with Crippen molar-refractivity contribution in [2.24, 2.45) is 5.92 Å². The molecule has 2 amide bonds. The fourth-order valence-electron chi connectivity index (χ4n) is 4.99. The molecule has 5 rings (SSSR count). The van der Waals surface area contributed by atoms with Crippen molar-refractivity contribution in [1.82, 2.24) is 24.8 Å². The summed E-state index contributed by atoms with van der Waals surface area (Å²) >= 11 is 6.45. The SMILES string of the molecule is CN(CC(=O)N1CCC(Nc2ncc(Cl)c(-c3c[nH]c4ccccc34)n2)CC1)C(=O)C1CCOCC1. The summed E-state index contributed by atoms with van der Waals surface area (Å²) < 4.78 is 5.34. The maximum absolute atomic E-state index is 12.8. The highest BCUT2D eigenvalue weighted by Gasteiger charge is 2.28. The number of H-pyrrole nitrogens is 1. The van der Waals surface area contributed by atoms with Crippen LogP contribution in [0.4, 0.5) is 5.95 Å². The molecule has 2 aromatic heterocycles. The largest absolute Gasteiger partial charge is 0.381 e. The Hall–Kier alpha value is -3.17. The number of piperidine rings is 1. The van der Waals surface area contributed by atoms with Gasteiger partial charge in [-0.2, -0.15) is 0 Å². The molecule has 2 N–H and O–H groups in total. The lowest BCUT2D eigenvalue weighted by molar-refractivity contribution is -0.143. The van der Waals surface area contributed by atoms with Crippen LogP contribution >= 0.6 is 11.6 Å². The quantitative estimate of drug-likeness (QED) is 0.525. The Kier molecular flexibility index (Phi) is 7.38. The Morgan fingerprint density at radius 2 is 1.94 bits per heavy atom. The van der Waals surface area contributed by atoms with Crippen LogP contribution in [0.25, 0.3) is 22.2 Å². The third-order valence-electron chi connectivity index (χ3n) is 7.09. The molecule has 0 aliphatic carbocycles. The van der Waals surface area contributed by atoms with Gasteiger partial charge in [0.2, 0.25) is 17.8 Å². The second kappa shape index (κ2) is 10.8. The summed E-state index contributed by atoms with van der Waals surface area (Å²) in [5, 5.41) is 4.96. The molecular weight excluding hydrogens is 480 g/mol. The molecular formula is C26H31ClN6O3. The third kappa shape index (κ3) is 5.32. The number of hydrogen-bond acceptors (Lipinski definition) is 6. The smallest absolute Gasteiger partial charge is 0.242 e. The zero-order valence-electron chi connectivity index (χ0n) is 20.4. The van der Waals surface area contributed by atoms with E-state index < -0.39 is 0 Å². The van der Waals surface area contributed by atoms with Gasteiger partial charge in [0, 0.05) is 68.0 Å². The monoisotopic (exact) mass is 510 g/mol. The number of likely N-dealkylation sites (N-methyl/N-ethyl adjacent to an activating group) is 1. The fourth-order valence-corrected chi connectivity index (χ4v) is 5.18. The fraction of sp³-hybridized carbons (Fsp3) is 0.462. The minimum absolute atomic E-state index is 0.0132. The molecule has 2 aliphatic rings. The van der Waals surface area contributed by atoms with Gasteiger partial charge in [0.15, 0.2) is 0 Å². The number of hydrogen-bond donors (Lipinski definition) is 2. The normalized spacial score (nSPS) is 17.3. The number of likely N-dealkylation sites (tertiary alicyclic amines) is 1. The van der Waals surface area contributed by atoms with Gasteiger partial charge < -0.3 is 24.8 Å². The van der Waals surface area contributed by atoms with E-state index in [1.54, 1.807) is 18.1 Å². The minimum atomic E-state index is -0.0417. The van der Waals surface area contributed by atoms with E-state index in [1.165, 1.54) is 0 Å². The maximum Gasteiger partial charge on any atom is 0.242 e. The Bertz CT molecular complexity index is 1230. The van der Waals surface area contributed by atoms with Crippen molar-refractivity contribution in [3.8, 4) is 11.3 Å². The lowest BCUT2D eigenvalue weighted by Gasteiger charge is -2.34. The highest BCUT2D eigenvalue weighted by Crippen LogP contribution is 2.32. The third-order valence-corrected chi connectivity index (χ3v) is 7.37. The van der Waals surface area contributed by atoms with E-state index in [2.05, 4.69) is 15.3 Å². The summed E-state index contributed by atoms with van der Waals surface area (Å²) in [6, 6.07) is 8.17. The number of carbonyl (C=O) groups is 2. The zero-order valence-corrected chi connectivity index (χ0v) is 21.1. The molecule has 9 nitrogen and oxygen atoms in total. The molecule has 190 valence electrons. The Morgan fingerprint density at radius 3 is 2.72 bits per heavy atom. The Labute approximate surface area is 215 Å². The van der Waals surface area contributed by atoms with Gasteiger partial charge in [0.05, 0.1) is 23.5 Å². The number of halogens is 1. The van der Waals surface area contributed by atoms with E-state index in [4.69, 9.17) is 21.3 Å². The van der Waals surface area contributed by atoms with Crippen LogP contribution in [0.15, 0.2) is 36.7 Å². The number of aromatic nitrogens is 3. The molecule has 4 heterocycles. The predicted octanol–water partition coefficient (Wildman–Crippen LogP) is 3.57. The lowest BCUT2D eigenvalue weighted by Crippen LogP contribution is -2.48. The average molecular weight is 511 g/mol. The van der Waals surface area contributed by atoms with Gasteiger partial charge in [-0.05, 0) is 31.7 Å². The number of aromatic amines is 1. The molecule has 0 radical (unpaired) electrons. The van der Waals surface area contributed by atoms with Crippen molar-refractivity contribution >= 4 is 40.3 Å². The molecule has 0 spiro atoms. The van der Waals surface area contributed by atoms with Crippen LogP contribution in [-0.4, -0.2) is 82.5 Å². The summed E-state index contributed by atoms with van der Waals surface area (Å²) in [4.78, 5) is 41.2. The van der Waals surface area contributed by atoms with Crippen molar-refractivity contribution in [3.63, 3.8) is 0 Å². The number of nitrogens with one attached hydrogen (secondary N) is 2. The van der Waals surface area contributed by atoms with Gasteiger partial charge in [-0.1, -0.05) is 29.8 Å². The van der Waals surface area contributed by atoms with Crippen LogP contribution in [-0.2, 0) is 14.3 Å². The number of para-hydroxylation sites is 1. The molecule has 0 bridgehead atoms. The maximum atomic E-state index is 12.8. The van der Waals surface area contributed by atoms with Gasteiger partial charge in [-0.25, -0.2) is 9.97 Å². The first-order valence-corrected chi connectivity index (χ1v) is 12.8. The number of benzene rings is 1. The van der Waals surface area contributed by atoms with Crippen LogP contribution in [0.3, 0.4) is 0 Å². The van der Waals surface area contributed by atoms with Gasteiger partial charge in [-0.15, -0.1) is 0 Å². The topological polar surface area (TPSA) is 103 Å². The minimum Gasteiger partial charge on any atom is -0.381 e. The average Bonchev–Trinajstić information content (AvgIpc) is 3.34. The van der Waals surface area contributed by atoms with Crippen LogP contribution in [0.1, 0.15) is 25.7 Å². The van der Waals surface area contributed by atoms with Crippen LogP contribution in [0.5, 0.6) is 0 Å². The highest BCUT2D eigenvalue weighted by molar-refractivity contribution is 6.33. The van der Waals surface area contributed by atoms with Crippen molar-refractivity contribution in [1.29, 1.82) is 0 Å². The van der Waals surface area contributed by atoms with Gasteiger partial charge in [0.1, 0.15) is 0 Å². The number of ether oxygens (including phenoxy) is 1. The predicted molar refractivity (Wildman–Crippen MR) is 139 cm³/mol. The number of amides is 2. The number of rotatable bonds is 6. The van der Waals surface area contributed by atoms with E-state index in [0.29, 0.717) is 43.0 Å². The van der Waals surface area contributed by atoms with Gasteiger partial charge >= 0.3 is 0 Å². The van der Waals surface area contributed by atoms with E-state index in [9.17, 15) is 9.59 Å². The van der Waals surface area contributed by atoms with Gasteiger partial charge in [-0.3, -0.25) is 9.59 Å². The van der Waals surface area contributed by atoms with Crippen molar-refractivity contribution in [3.05, 3.63) is 41.7 Å². The first-order chi connectivity index (χ1) is 17.5. The zero-order chi connectivity index (χ0) is 25.1. The molecule has 10 heteroatoms. The highest BCUT2D eigenvalue weighted by atomic mass is 35.5. The molecule has 36 heavy (non-hydrogen) atoms. The standard InChI is InChI=1S/C26H31ClN6O3/c1-32(25(35)17-8-12-36-13-9-17)16-23(34)33-10-6-18(7-11-33)30-26-29-15-21(27)24(31-26)20-14-28-22-5-3-2-4-19(20)22/h2-5,14-15,17-18,28H,6-13,16H2,1H3,(H,29,30,31). The molecule has 2 aliphatic heterocycles. The van der Waals surface area contributed by atoms with E-state index in [0.717, 1.165) is 42.1 Å². The van der Waals surface area contributed by atoms with Crippen LogP contribution in [0, 0.1) is 5.92 Å². The number of carbonyl (C=O) groups excluding carboxylic acids is 2. The molecule has 0 unspecified atom stereocenters. The Morgan fingerprint density at radius 1 is 1.19 bits per heavy atom. The molecule has 0 saturated carbocycles. The first-order valence-electron chi connectivity index (χ1n) is 12.5. The second-order valence-electron chi connectivity index (χ2n) is 9.52. The van der Waals surface area contributed by atoms with Crippen LogP contribution < -0.4 is 5.32 Å². The number of nitrogens with zero attached hydrogens (tertiary/aromatic N) is 4. The summed E-state index contributed by atoms with van der Waals surface area (Å²) in [6.45, 7) is 2.58. The van der Waals surface area contributed by atoms with Crippen molar-refractivity contribution < 1.29 is 14.3 Å². The molecule has 0 atom stereocenters. The van der Waals surface area contributed by atoms with Gasteiger partial charge in [0.25, 0.3) is 0 Å². The summed E-state index contributed by atoms with van der Waals surface area (Å²) in [6.07, 6.45) is 6.54. The molecule has 2 fully saturated rings. The summed E-state index contributed by atoms with van der Waals surface area (Å²) in [5.41, 5.74) is 2.63. The number of fused-ring (bicyclic) bond motifs is 1. The van der Waals surface area contributed by atoms with E-state index in [1.807, 2.05) is 35.4 Å². The second-order valence-corrected chi connectivity index (χ2v) is 9.93. The summed E-state index contributed by atoms with van der Waals surface area (Å²) in [5.74, 6) is 0.501. The lowest BCUT2D eigenvalue weighted by atomic mass is 9.99. The first kappa shape index (κ1) is 24.5. The van der Waals surface area contributed by atoms with E-state index >= 15 is 0 Å². The number of anilines is 1. The van der Waals surface area contributed by atoms with E-state index in [-0.39, 0.29) is 30.3 Å². The molecule has 3 aromatic rings.